The second kappa shape index (κ2) is 14.3. The van der Waals surface area contributed by atoms with Gasteiger partial charge in [-0.25, -0.2) is 14.4 Å². The maximum Gasteiger partial charge on any atom is 0.435 e. The van der Waals surface area contributed by atoms with E-state index in [0.717, 1.165) is 16.9 Å². The van der Waals surface area contributed by atoms with Crippen LogP contribution in [0.25, 0.3) is 16.9 Å². The summed E-state index contributed by atoms with van der Waals surface area (Å²) in [6.45, 7) is 4.16. The van der Waals surface area contributed by atoms with E-state index in [1.165, 1.54) is 42.9 Å². The predicted molar refractivity (Wildman–Crippen MR) is 152 cm³/mol. The lowest BCUT2D eigenvalue weighted by Crippen LogP contribution is -2.46. The van der Waals surface area contributed by atoms with Crippen LogP contribution in [0.5, 0.6) is 0 Å². The summed E-state index contributed by atoms with van der Waals surface area (Å²) < 4.78 is 58.5. The van der Waals surface area contributed by atoms with Gasteiger partial charge in [0.15, 0.2) is 17.2 Å². The standard InChI is InChI=1S/C26H26F4N10O2.CH2O2/c1-13-8-16(9-18(27)20(13)25(42)36-14(2)10-35-24(41)15(3)32)37-22-23-34-11-19(40(23)7-5-33-22)17-12-39(6-4-31)38-21(17)26(28,29)30;2-1-3/h5,7-9,11-12,14-15H,6,10,32H2,1-3H3,(H,33,37)(H,35,41)(H,36,42);1H,(H,2,3). The molecule has 0 fully saturated rings. The van der Waals surface area contributed by atoms with Gasteiger partial charge in [-0.3, -0.25) is 23.5 Å². The van der Waals surface area contributed by atoms with Crippen LogP contribution in [0.4, 0.5) is 29.1 Å². The minimum Gasteiger partial charge on any atom is -0.483 e. The largest absolute Gasteiger partial charge is 0.483 e. The first-order valence-corrected chi connectivity index (χ1v) is 13.0. The lowest BCUT2D eigenvalue weighted by Gasteiger charge is -2.17. The second-order valence-electron chi connectivity index (χ2n) is 9.65. The van der Waals surface area contributed by atoms with Crippen molar-refractivity contribution in [1.82, 2.24) is 34.8 Å². The van der Waals surface area contributed by atoms with Crippen molar-refractivity contribution in [2.45, 2.75) is 45.6 Å². The molecule has 0 spiro atoms. The first-order chi connectivity index (χ1) is 21.2. The van der Waals surface area contributed by atoms with E-state index in [0.29, 0.717) is 0 Å². The number of carbonyl (C=O) groups excluding carboxylic acids is 2. The Morgan fingerprint density at radius 3 is 2.53 bits per heavy atom. The molecule has 4 rings (SSSR count). The molecule has 45 heavy (non-hydrogen) atoms. The van der Waals surface area contributed by atoms with E-state index in [4.69, 9.17) is 20.9 Å². The number of imidazole rings is 1. The number of amides is 2. The monoisotopic (exact) mass is 632 g/mol. The molecule has 3 heterocycles. The number of aryl methyl sites for hydroxylation is 1. The Hall–Kier alpha value is -5.57. The molecular formula is C27H28F4N10O4. The second-order valence-corrected chi connectivity index (χ2v) is 9.65. The normalized spacial score (nSPS) is 12.3. The summed E-state index contributed by atoms with van der Waals surface area (Å²) in [4.78, 5) is 41.2. The molecule has 0 radical (unpaired) electrons. The summed E-state index contributed by atoms with van der Waals surface area (Å²) in [5, 5.41) is 27.4. The van der Waals surface area contributed by atoms with Gasteiger partial charge < -0.3 is 26.8 Å². The zero-order chi connectivity index (χ0) is 33.5. The van der Waals surface area contributed by atoms with Crippen LogP contribution in [0, 0.1) is 24.1 Å². The predicted octanol–water partition coefficient (Wildman–Crippen LogP) is 2.61. The molecule has 0 bridgehead atoms. The summed E-state index contributed by atoms with van der Waals surface area (Å²) in [7, 11) is 0. The molecule has 238 valence electrons. The number of anilines is 2. The van der Waals surface area contributed by atoms with E-state index in [1.807, 2.05) is 0 Å². The number of halogens is 4. The van der Waals surface area contributed by atoms with Crippen molar-refractivity contribution in [2.24, 2.45) is 5.73 Å². The fourth-order valence-electron chi connectivity index (χ4n) is 4.18. The number of nitrogens with two attached hydrogens (primary N) is 1. The maximum absolute atomic E-state index is 15.1. The third-order valence-electron chi connectivity index (χ3n) is 6.12. The SMILES string of the molecule is Cc1cc(Nc2nccn3c(-c4cn(CC#N)nc4C(F)(F)F)cnc23)cc(F)c1C(=O)NC(C)CNC(=O)C(C)N.O=CO. The summed E-state index contributed by atoms with van der Waals surface area (Å²) in [6.07, 6.45) is 0.263. The highest BCUT2D eigenvalue weighted by atomic mass is 19.4. The zero-order valence-corrected chi connectivity index (χ0v) is 24.1. The Bertz CT molecular complexity index is 1720. The van der Waals surface area contributed by atoms with E-state index in [2.05, 4.69) is 31.0 Å². The van der Waals surface area contributed by atoms with Gasteiger partial charge in [0, 0.05) is 36.9 Å². The molecule has 2 unspecified atom stereocenters. The molecule has 3 aromatic heterocycles. The number of aromatic nitrogens is 5. The van der Waals surface area contributed by atoms with Crippen molar-refractivity contribution in [1.29, 1.82) is 5.26 Å². The Morgan fingerprint density at radius 2 is 1.93 bits per heavy atom. The molecule has 0 aliphatic rings. The van der Waals surface area contributed by atoms with E-state index < -0.39 is 41.6 Å². The highest BCUT2D eigenvalue weighted by Crippen LogP contribution is 2.37. The molecule has 6 N–H and O–H groups in total. The highest BCUT2D eigenvalue weighted by molar-refractivity contribution is 5.96. The van der Waals surface area contributed by atoms with Crippen molar-refractivity contribution in [2.75, 3.05) is 11.9 Å². The number of hydrogen-bond acceptors (Lipinski definition) is 9. The number of hydrogen-bond donors (Lipinski definition) is 5. The fraction of sp³-hybridized carbons (Fsp3) is 0.296. The minimum atomic E-state index is -4.79. The lowest BCUT2D eigenvalue weighted by molar-refractivity contribution is -0.141. The molecule has 2 atom stereocenters. The van der Waals surface area contributed by atoms with Crippen LogP contribution in [0.2, 0.25) is 0 Å². The third-order valence-corrected chi connectivity index (χ3v) is 6.12. The van der Waals surface area contributed by atoms with Gasteiger partial charge in [0.25, 0.3) is 12.4 Å². The number of benzene rings is 1. The quantitative estimate of drug-likeness (QED) is 0.135. The molecule has 0 saturated carbocycles. The van der Waals surface area contributed by atoms with Crippen LogP contribution >= 0.6 is 0 Å². The van der Waals surface area contributed by atoms with Gasteiger partial charge in [0.05, 0.1) is 35.1 Å². The first kappa shape index (κ1) is 33.9. The number of fused-ring (bicyclic) bond motifs is 1. The van der Waals surface area contributed by atoms with Crippen molar-refractivity contribution in [3.05, 3.63) is 59.6 Å². The average Bonchev–Trinajstić information content (AvgIpc) is 3.57. The van der Waals surface area contributed by atoms with Gasteiger partial charge in [-0.05, 0) is 38.5 Å². The third kappa shape index (κ3) is 8.08. The number of alkyl halides is 3. The number of nitrogens with one attached hydrogen (secondary N) is 3. The van der Waals surface area contributed by atoms with Crippen LogP contribution < -0.4 is 21.7 Å². The first-order valence-electron chi connectivity index (χ1n) is 13.0. The van der Waals surface area contributed by atoms with Crippen LogP contribution in [0.1, 0.15) is 35.5 Å². The molecule has 0 aliphatic carbocycles. The van der Waals surface area contributed by atoms with Gasteiger partial charge in [0.2, 0.25) is 5.91 Å². The minimum absolute atomic E-state index is 0.0487. The molecule has 0 aliphatic heterocycles. The van der Waals surface area contributed by atoms with E-state index in [9.17, 15) is 22.8 Å². The van der Waals surface area contributed by atoms with Crippen molar-refractivity contribution < 1.29 is 37.1 Å². The summed E-state index contributed by atoms with van der Waals surface area (Å²) >= 11 is 0. The van der Waals surface area contributed by atoms with Gasteiger partial charge in [-0.2, -0.15) is 23.5 Å². The van der Waals surface area contributed by atoms with E-state index in [-0.39, 0.29) is 59.1 Å². The van der Waals surface area contributed by atoms with Gasteiger partial charge in [-0.15, -0.1) is 0 Å². The van der Waals surface area contributed by atoms with E-state index in [1.54, 1.807) is 13.0 Å². The van der Waals surface area contributed by atoms with Crippen LogP contribution in [0.3, 0.4) is 0 Å². The number of nitrogens with zero attached hydrogens (tertiary/aromatic N) is 6. The molecule has 2 amide bonds. The molecular weight excluding hydrogens is 604 g/mol. The van der Waals surface area contributed by atoms with Crippen LogP contribution in [-0.4, -0.2) is 66.2 Å². The summed E-state index contributed by atoms with van der Waals surface area (Å²) in [5.41, 5.74) is 4.52. The number of carboxylic acid groups (broad SMARTS) is 1. The molecule has 1 aromatic carbocycles. The Kier molecular flexibility index (Phi) is 10.8. The number of rotatable bonds is 9. The summed E-state index contributed by atoms with van der Waals surface area (Å²) in [5.74, 6) is -1.81. The number of carbonyl (C=O) groups is 3. The molecule has 4 aromatic rings. The molecule has 0 saturated heterocycles. The van der Waals surface area contributed by atoms with Crippen molar-refractivity contribution in [3.63, 3.8) is 0 Å². The van der Waals surface area contributed by atoms with Crippen LogP contribution in [-0.2, 0) is 22.3 Å². The average molecular weight is 633 g/mol. The van der Waals surface area contributed by atoms with Crippen LogP contribution in [0.15, 0.2) is 36.9 Å². The van der Waals surface area contributed by atoms with Crippen molar-refractivity contribution in [3.8, 4) is 17.3 Å². The molecule has 18 heteroatoms. The lowest BCUT2D eigenvalue weighted by atomic mass is 10.1. The zero-order valence-electron chi connectivity index (χ0n) is 24.1. The summed E-state index contributed by atoms with van der Waals surface area (Å²) in [6, 6.07) is 3.10. The Balaban J connectivity index is 0.00000177. The van der Waals surface area contributed by atoms with Crippen molar-refractivity contribution >= 4 is 35.4 Å². The Labute approximate surface area is 252 Å². The highest BCUT2D eigenvalue weighted by Gasteiger charge is 2.38. The van der Waals surface area contributed by atoms with E-state index >= 15 is 4.39 Å². The fourth-order valence-corrected chi connectivity index (χ4v) is 4.18. The smallest absolute Gasteiger partial charge is 0.435 e. The Morgan fingerprint density at radius 1 is 1.24 bits per heavy atom. The maximum atomic E-state index is 15.1. The number of nitriles is 1. The molecule has 14 nitrogen and oxygen atoms in total. The van der Waals surface area contributed by atoms with Gasteiger partial charge in [-0.1, -0.05) is 0 Å². The topological polar surface area (TPSA) is 205 Å². The van der Waals surface area contributed by atoms with Gasteiger partial charge >= 0.3 is 6.18 Å². The van der Waals surface area contributed by atoms with Gasteiger partial charge in [0.1, 0.15) is 12.4 Å².